The van der Waals surface area contributed by atoms with Crippen LogP contribution in [0.2, 0.25) is 0 Å². The molecule has 0 bridgehead atoms. The molecule has 3 heterocycles. The summed E-state index contributed by atoms with van der Waals surface area (Å²) in [4.78, 5) is 27.4. The van der Waals surface area contributed by atoms with Gasteiger partial charge in [-0.3, -0.25) is 14.5 Å². The van der Waals surface area contributed by atoms with E-state index in [-0.39, 0.29) is 29.6 Å². The Bertz CT molecular complexity index is 1250. The fourth-order valence-corrected chi connectivity index (χ4v) is 7.29. The lowest BCUT2D eigenvalue weighted by molar-refractivity contribution is -0.116. The Balaban J connectivity index is 1.43. The largest absolute Gasteiger partial charge is 0.310 e. The van der Waals surface area contributed by atoms with Crippen LogP contribution in [-0.4, -0.2) is 71.4 Å². The first-order valence-corrected chi connectivity index (χ1v) is 14.0. The smallest absolute Gasteiger partial charge is 0.249 e. The van der Waals surface area contributed by atoms with Gasteiger partial charge in [-0.15, -0.1) is 0 Å². The minimum Gasteiger partial charge on any atom is -0.310 e. The number of hydrogen-bond donors (Lipinski definition) is 1. The van der Waals surface area contributed by atoms with Crippen LogP contribution < -0.4 is 5.32 Å². The lowest BCUT2D eigenvalue weighted by Gasteiger charge is -2.40. The molecule has 0 spiro atoms. The number of carbonyl (C=O) groups excluding carboxylic acids is 2. The molecule has 2 fully saturated rings. The van der Waals surface area contributed by atoms with Gasteiger partial charge in [0, 0.05) is 50.6 Å². The second-order valence-electron chi connectivity index (χ2n) is 9.87. The molecule has 10 heteroatoms. The Hall–Kier alpha value is -2.56. The summed E-state index contributed by atoms with van der Waals surface area (Å²) in [5, 5.41) is 7.14. The van der Waals surface area contributed by atoms with E-state index in [2.05, 4.69) is 15.3 Å². The molecule has 1 saturated heterocycles. The topological polar surface area (TPSA) is 105 Å². The molecular weight excluding hydrogens is 466 g/mol. The van der Waals surface area contributed by atoms with Crippen LogP contribution in [0.1, 0.15) is 61.0 Å². The molecule has 5 rings (SSSR count). The van der Waals surface area contributed by atoms with Gasteiger partial charge in [-0.2, -0.15) is 14.1 Å². The number of rotatable bonds is 4. The molecule has 0 atom stereocenters. The molecule has 1 aliphatic carbocycles. The molecule has 1 amide bonds. The van der Waals surface area contributed by atoms with Crippen molar-refractivity contribution >= 4 is 27.7 Å². The van der Waals surface area contributed by atoms with Gasteiger partial charge in [0.15, 0.2) is 0 Å². The molecule has 1 N–H and O–H groups in total. The van der Waals surface area contributed by atoms with Crippen molar-refractivity contribution in [3.05, 3.63) is 29.5 Å². The first kappa shape index (κ1) is 24.1. The number of fused-ring (bicyclic) bond motifs is 1. The maximum Gasteiger partial charge on any atom is 0.249 e. The average molecular weight is 500 g/mol. The van der Waals surface area contributed by atoms with Crippen LogP contribution in [0, 0.1) is 13.8 Å². The normalized spacial score (nSPS) is 21.0. The molecule has 1 saturated carbocycles. The van der Waals surface area contributed by atoms with Crippen molar-refractivity contribution in [2.75, 3.05) is 31.5 Å². The molecule has 188 valence electrons. The zero-order valence-corrected chi connectivity index (χ0v) is 21.2. The number of amides is 1. The van der Waals surface area contributed by atoms with Crippen LogP contribution in [0.25, 0.3) is 11.1 Å². The summed E-state index contributed by atoms with van der Waals surface area (Å²) in [6, 6.07) is 5.84. The SMILES string of the molecule is Cc1ccc(-c2c(C)nn3c2NC(=O)CCC3=O)cc1S(=O)(=O)N1CCN(C2CCCCC2)CC1. The van der Waals surface area contributed by atoms with Crippen LogP contribution >= 0.6 is 0 Å². The standard InChI is InChI=1S/C25H33N5O4S/c1-17-8-9-19(24-18(2)27-30-23(32)11-10-22(31)26-25(24)30)16-21(17)35(33,34)29-14-12-28(13-15-29)20-6-4-3-5-7-20/h8-9,16,20H,3-7,10-15H2,1-2H3,(H,26,31). The first-order chi connectivity index (χ1) is 16.8. The number of benzene rings is 1. The highest BCUT2D eigenvalue weighted by atomic mass is 32.2. The van der Waals surface area contributed by atoms with E-state index in [1.165, 1.54) is 36.8 Å². The lowest BCUT2D eigenvalue weighted by atomic mass is 9.94. The molecule has 0 unspecified atom stereocenters. The zero-order chi connectivity index (χ0) is 24.7. The summed E-state index contributed by atoms with van der Waals surface area (Å²) in [6.45, 7) is 6.03. The molecule has 0 radical (unpaired) electrons. The van der Waals surface area contributed by atoms with Crippen molar-refractivity contribution in [1.82, 2.24) is 19.0 Å². The molecule has 2 aliphatic heterocycles. The Labute approximate surface area is 206 Å². The van der Waals surface area contributed by atoms with Crippen molar-refractivity contribution in [3.63, 3.8) is 0 Å². The minimum atomic E-state index is -3.70. The van der Waals surface area contributed by atoms with Crippen LogP contribution in [0.5, 0.6) is 0 Å². The quantitative estimate of drug-likeness (QED) is 0.693. The number of carbonyl (C=O) groups is 2. The maximum absolute atomic E-state index is 13.7. The van der Waals surface area contributed by atoms with Crippen LogP contribution in [0.3, 0.4) is 0 Å². The molecular formula is C25H33N5O4S. The highest BCUT2D eigenvalue weighted by Gasteiger charge is 2.33. The number of piperazine rings is 1. The highest BCUT2D eigenvalue weighted by Crippen LogP contribution is 2.36. The maximum atomic E-state index is 13.7. The zero-order valence-electron chi connectivity index (χ0n) is 20.4. The van der Waals surface area contributed by atoms with Crippen LogP contribution in [0.15, 0.2) is 23.1 Å². The van der Waals surface area contributed by atoms with E-state index in [1.54, 1.807) is 30.3 Å². The second kappa shape index (κ2) is 9.48. The van der Waals surface area contributed by atoms with Gasteiger partial charge in [-0.25, -0.2) is 8.42 Å². The van der Waals surface area contributed by atoms with Gasteiger partial charge in [0.2, 0.25) is 21.8 Å². The van der Waals surface area contributed by atoms with Crippen LogP contribution in [0.4, 0.5) is 5.82 Å². The first-order valence-electron chi connectivity index (χ1n) is 12.5. The third-order valence-corrected chi connectivity index (χ3v) is 9.62. The van der Waals surface area contributed by atoms with E-state index in [0.29, 0.717) is 47.3 Å². The van der Waals surface area contributed by atoms with Crippen molar-refractivity contribution in [2.24, 2.45) is 0 Å². The van der Waals surface area contributed by atoms with E-state index in [4.69, 9.17) is 0 Å². The van der Waals surface area contributed by atoms with Gasteiger partial charge in [-0.1, -0.05) is 31.4 Å². The Morgan fingerprint density at radius 2 is 1.69 bits per heavy atom. The van der Waals surface area contributed by atoms with Gasteiger partial charge >= 0.3 is 0 Å². The van der Waals surface area contributed by atoms with Crippen molar-refractivity contribution in [2.45, 2.75) is 69.7 Å². The Morgan fingerprint density at radius 1 is 0.971 bits per heavy atom. The number of hydrogen-bond acceptors (Lipinski definition) is 6. The van der Waals surface area contributed by atoms with Gasteiger partial charge < -0.3 is 5.32 Å². The predicted octanol–water partition coefficient (Wildman–Crippen LogP) is 3.18. The van der Waals surface area contributed by atoms with Gasteiger partial charge in [0.1, 0.15) is 5.82 Å². The number of aromatic nitrogens is 2. The van der Waals surface area contributed by atoms with Gasteiger partial charge in [-0.05, 0) is 43.9 Å². The number of sulfonamides is 1. The average Bonchev–Trinajstić information content (AvgIpc) is 3.11. The summed E-state index contributed by atoms with van der Waals surface area (Å²) in [7, 11) is -3.70. The molecule has 35 heavy (non-hydrogen) atoms. The number of nitrogens with one attached hydrogen (secondary N) is 1. The van der Waals surface area contributed by atoms with Gasteiger partial charge in [0.05, 0.1) is 10.6 Å². The summed E-state index contributed by atoms with van der Waals surface area (Å²) in [6.07, 6.45) is 6.43. The summed E-state index contributed by atoms with van der Waals surface area (Å²) >= 11 is 0. The highest BCUT2D eigenvalue weighted by molar-refractivity contribution is 7.89. The summed E-state index contributed by atoms with van der Waals surface area (Å²) in [5.74, 6) is -0.208. The van der Waals surface area contributed by atoms with E-state index >= 15 is 0 Å². The van der Waals surface area contributed by atoms with E-state index in [0.717, 1.165) is 13.1 Å². The Kier molecular flexibility index (Phi) is 6.54. The lowest BCUT2D eigenvalue weighted by Crippen LogP contribution is -2.52. The van der Waals surface area contributed by atoms with Crippen molar-refractivity contribution < 1.29 is 18.0 Å². The second-order valence-corrected chi connectivity index (χ2v) is 11.8. The number of aryl methyl sites for hydroxylation is 2. The monoisotopic (exact) mass is 499 g/mol. The molecule has 1 aromatic carbocycles. The third kappa shape index (κ3) is 4.54. The molecule has 3 aliphatic rings. The fourth-order valence-electron chi connectivity index (χ4n) is 5.62. The summed E-state index contributed by atoms with van der Waals surface area (Å²) < 4.78 is 30.2. The van der Waals surface area contributed by atoms with E-state index in [1.807, 2.05) is 6.07 Å². The number of nitrogens with zero attached hydrogens (tertiary/aromatic N) is 4. The minimum absolute atomic E-state index is 0.0831. The van der Waals surface area contributed by atoms with Crippen LogP contribution in [-0.2, 0) is 14.8 Å². The van der Waals surface area contributed by atoms with E-state index in [9.17, 15) is 18.0 Å². The van der Waals surface area contributed by atoms with Gasteiger partial charge in [0.25, 0.3) is 0 Å². The predicted molar refractivity (Wildman–Crippen MR) is 133 cm³/mol. The van der Waals surface area contributed by atoms with E-state index < -0.39 is 10.0 Å². The molecule has 2 aromatic rings. The van der Waals surface area contributed by atoms with Crippen molar-refractivity contribution in [1.29, 1.82) is 0 Å². The molecule has 1 aromatic heterocycles. The summed E-state index contributed by atoms with van der Waals surface area (Å²) in [5.41, 5.74) is 2.42. The Morgan fingerprint density at radius 3 is 2.40 bits per heavy atom. The number of anilines is 1. The fraction of sp³-hybridized carbons (Fsp3) is 0.560. The van der Waals surface area contributed by atoms with Crippen molar-refractivity contribution in [3.8, 4) is 11.1 Å². The third-order valence-electron chi connectivity index (χ3n) is 7.58. The molecule has 9 nitrogen and oxygen atoms in total.